The Morgan fingerprint density at radius 2 is 1.79 bits per heavy atom. The number of hydrogen-bond acceptors (Lipinski definition) is 4. The molecule has 2 aromatic heterocycles. The van der Waals surface area contributed by atoms with Crippen molar-refractivity contribution in [2.75, 3.05) is 13.1 Å². The first-order valence-electron chi connectivity index (χ1n) is 9.58. The molecule has 154 valence electrons. The normalized spacial score (nSPS) is 18.1. The van der Waals surface area contributed by atoms with E-state index in [1.54, 1.807) is 13.0 Å². The van der Waals surface area contributed by atoms with Crippen LogP contribution in [0.2, 0.25) is 0 Å². The monoisotopic (exact) mass is 404 g/mol. The summed E-state index contributed by atoms with van der Waals surface area (Å²) >= 11 is 0. The summed E-state index contributed by atoms with van der Waals surface area (Å²) in [6.07, 6.45) is -3.65. The number of aromatic hydroxyl groups is 1. The van der Waals surface area contributed by atoms with E-state index >= 15 is 0 Å². The lowest BCUT2D eigenvalue weighted by molar-refractivity contribution is -0.142. The Morgan fingerprint density at radius 1 is 1.10 bits per heavy atom. The lowest BCUT2D eigenvalue weighted by Gasteiger charge is -2.17. The maximum absolute atomic E-state index is 13.4. The minimum Gasteiger partial charge on any atom is -0.507 e. The van der Waals surface area contributed by atoms with Gasteiger partial charge in [0.1, 0.15) is 11.4 Å². The molecule has 0 saturated carbocycles. The van der Waals surface area contributed by atoms with Gasteiger partial charge < -0.3 is 5.11 Å². The molecule has 4 rings (SSSR count). The molecule has 1 aliphatic heterocycles. The molecule has 29 heavy (non-hydrogen) atoms. The fraction of sp³-hybridized carbons (Fsp3) is 0.429. The van der Waals surface area contributed by atoms with Crippen molar-refractivity contribution in [3.8, 4) is 5.75 Å². The summed E-state index contributed by atoms with van der Waals surface area (Å²) in [5, 5.41) is 14.2. The highest BCUT2D eigenvalue weighted by Gasteiger charge is 2.35. The fourth-order valence-electron chi connectivity index (χ4n) is 4.13. The first-order valence-corrected chi connectivity index (χ1v) is 9.58. The van der Waals surface area contributed by atoms with E-state index in [0.29, 0.717) is 17.1 Å². The molecule has 3 heterocycles. The van der Waals surface area contributed by atoms with Crippen molar-refractivity contribution in [2.45, 2.75) is 45.8 Å². The number of halogens is 3. The Hall–Kier alpha value is -2.61. The number of hydrogen-bond donors (Lipinski definition) is 1. The standard InChI is InChI=1S/C21H23F3N4O/c1-12-6-15(7-13(2)20(12)29)10-27-5-4-16(11-27)17-9-19-25-14(3)8-18(21(22,23)24)28(19)26-17/h6-9,16,29H,4-5,10-11H2,1-3H3/t16-/m1/s1. The maximum atomic E-state index is 13.4. The van der Waals surface area contributed by atoms with Crippen LogP contribution >= 0.6 is 0 Å². The van der Waals surface area contributed by atoms with Crippen molar-refractivity contribution in [3.63, 3.8) is 0 Å². The smallest absolute Gasteiger partial charge is 0.433 e. The first kappa shape index (κ1) is 19.7. The molecule has 5 nitrogen and oxygen atoms in total. The number of rotatable bonds is 3. The predicted octanol–water partition coefficient (Wildman–Crippen LogP) is 4.37. The average Bonchev–Trinajstić information content (AvgIpc) is 3.24. The van der Waals surface area contributed by atoms with Crippen molar-refractivity contribution in [1.29, 1.82) is 0 Å². The van der Waals surface area contributed by atoms with Gasteiger partial charge in [0.05, 0.1) is 5.69 Å². The Labute approximate surface area is 166 Å². The molecular weight excluding hydrogens is 381 g/mol. The zero-order chi connectivity index (χ0) is 20.9. The van der Waals surface area contributed by atoms with E-state index < -0.39 is 11.9 Å². The molecule has 0 amide bonds. The summed E-state index contributed by atoms with van der Waals surface area (Å²) < 4.78 is 41.0. The molecule has 0 unspecified atom stereocenters. The number of aromatic nitrogens is 3. The Bertz CT molecular complexity index is 1050. The van der Waals surface area contributed by atoms with Gasteiger partial charge in [0, 0.05) is 30.8 Å². The molecule has 0 spiro atoms. The van der Waals surface area contributed by atoms with Gasteiger partial charge in [-0.3, -0.25) is 4.90 Å². The summed E-state index contributed by atoms with van der Waals surface area (Å²) in [7, 11) is 0. The Balaban J connectivity index is 1.56. The molecule has 1 aliphatic rings. The molecule has 1 fully saturated rings. The third-order valence-corrected chi connectivity index (χ3v) is 5.51. The van der Waals surface area contributed by atoms with Crippen LogP contribution in [0, 0.1) is 20.8 Å². The molecule has 1 atom stereocenters. The number of nitrogens with zero attached hydrogens (tertiary/aromatic N) is 4. The lowest BCUT2D eigenvalue weighted by Crippen LogP contribution is -2.20. The first-order chi connectivity index (χ1) is 13.6. The van der Waals surface area contributed by atoms with E-state index in [0.717, 1.165) is 53.3 Å². The van der Waals surface area contributed by atoms with Gasteiger partial charge in [-0.2, -0.15) is 18.3 Å². The van der Waals surface area contributed by atoms with E-state index in [9.17, 15) is 18.3 Å². The number of aryl methyl sites for hydroxylation is 3. The van der Waals surface area contributed by atoms with Crippen molar-refractivity contribution in [2.24, 2.45) is 0 Å². The largest absolute Gasteiger partial charge is 0.507 e. The SMILES string of the molecule is Cc1cc(C(F)(F)F)n2nc([C@@H]3CCN(Cc4cc(C)c(O)c(C)c4)C3)cc2n1. The minimum atomic E-state index is -4.48. The summed E-state index contributed by atoms with van der Waals surface area (Å²) in [6.45, 7) is 7.61. The molecule has 1 saturated heterocycles. The molecule has 0 bridgehead atoms. The second-order valence-corrected chi connectivity index (χ2v) is 7.92. The topological polar surface area (TPSA) is 53.7 Å². The number of likely N-dealkylation sites (tertiary alicyclic amines) is 1. The van der Waals surface area contributed by atoms with Crippen LogP contribution in [0.15, 0.2) is 24.3 Å². The number of phenols is 1. The van der Waals surface area contributed by atoms with Crippen LogP contribution in [-0.4, -0.2) is 37.7 Å². The van der Waals surface area contributed by atoms with E-state index in [2.05, 4.69) is 15.0 Å². The van der Waals surface area contributed by atoms with Gasteiger partial charge in [0.25, 0.3) is 0 Å². The maximum Gasteiger partial charge on any atom is 0.433 e. The van der Waals surface area contributed by atoms with Gasteiger partial charge in [-0.05, 0) is 56.5 Å². The van der Waals surface area contributed by atoms with Gasteiger partial charge >= 0.3 is 6.18 Å². The van der Waals surface area contributed by atoms with Gasteiger partial charge in [-0.1, -0.05) is 12.1 Å². The highest BCUT2D eigenvalue weighted by atomic mass is 19.4. The van der Waals surface area contributed by atoms with Crippen molar-refractivity contribution in [3.05, 3.63) is 58.0 Å². The van der Waals surface area contributed by atoms with Gasteiger partial charge in [-0.15, -0.1) is 0 Å². The molecule has 1 aromatic carbocycles. The fourth-order valence-corrected chi connectivity index (χ4v) is 4.13. The summed E-state index contributed by atoms with van der Waals surface area (Å²) in [6, 6.07) is 6.65. The van der Waals surface area contributed by atoms with E-state index in [-0.39, 0.29) is 11.6 Å². The lowest BCUT2D eigenvalue weighted by atomic mass is 10.0. The molecule has 0 radical (unpaired) electrons. The Morgan fingerprint density at radius 3 is 2.45 bits per heavy atom. The van der Waals surface area contributed by atoms with Crippen LogP contribution in [-0.2, 0) is 12.7 Å². The molecule has 0 aliphatic carbocycles. The summed E-state index contributed by atoms with van der Waals surface area (Å²) in [4.78, 5) is 6.49. The predicted molar refractivity (Wildman–Crippen MR) is 103 cm³/mol. The van der Waals surface area contributed by atoms with Crippen LogP contribution in [0.3, 0.4) is 0 Å². The number of alkyl halides is 3. The van der Waals surface area contributed by atoms with Crippen molar-refractivity contribution in [1.82, 2.24) is 19.5 Å². The van der Waals surface area contributed by atoms with Crippen LogP contribution in [0.1, 0.15) is 46.1 Å². The van der Waals surface area contributed by atoms with Gasteiger partial charge in [0.15, 0.2) is 5.65 Å². The zero-order valence-corrected chi connectivity index (χ0v) is 16.6. The molecular formula is C21H23F3N4O. The van der Waals surface area contributed by atoms with E-state index in [1.165, 1.54) is 0 Å². The minimum absolute atomic E-state index is 0.0670. The average molecular weight is 404 g/mol. The highest BCUT2D eigenvalue weighted by Crippen LogP contribution is 2.33. The highest BCUT2D eigenvalue weighted by molar-refractivity contribution is 5.44. The molecule has 3 aromatic rings. The van der Waals surface area contributed by atoms with Gasteiger partial charge in [-0.25, -0.2) is 9.50 Å². The van der Waals surface area contributed by atoms with E-state index in [4.69, 9.17) is 0 Å². The van der Waals surface area contributed by atoms with Crippen LogP contribution in [0.5, 0.6) is 5.75 Å². The van der Waals surface area contributed by atoms with Crippen molar-refractivity contribution >= 4 is 5.65 Å². The quantitative estimate of drug-likeness (QED) is 0.704. The second kappa shape index (κ2) is 7.02. The number of benzene rings is 1. The van der Waals surface area contributed by atoms with Crippen LogP contribution in [0.25, 0.3) is 5.65 Å². The molecule has 8 heteroatoms. The van der Waals surface area contributed by atoms with Crippen molar-refractivity contribution < 1.29 is 18.3 Å². The number of phenolic OH excluding ortho intramolecular Hbond substituents is 1. The summed E-state index contributed by atoms with van der Waals surface area (Å²) in [5.74, 6) is 0.387. The van der Waals surface area contributed by atoms with Gasteiger partial charge in [0.2, 0.25) is 0 Å². The van der Waals surface area contributed by atoms with E-state index in [1.807, 2.05) is 26.0 Å². The van der Waals surface area contributed by atoms with Crippen LogP contribution in [0.4, 0.5) is 13.2 Å². The third kappa shape index (κ3) is 3.81. The zero-order valence-electron chi connectivity index (χ0n) is 16.6. The second-order valence-electron chi connectivity index (χ2n) is 7.92. The third-order valence-electron chi connectivity index (χ3n) is 5.51. The summed E-state index contributed by atoms with van der Waals surface area (Å²) in [5.41, 5.74) is 3.21. The van der Waals surface area contributed by atoms with Crippen LogP contribution < -0.4 is 0 Å². The molecule has 1 N–H and O–H groups in total. The Kier molecular flexibility index (Phi) is 4.77. The number of fused-ring (bicyclic) bond motifs is 1.